The van der Waals surface area contributed by atoms with E-state index >= 15 is 0 Å². The van der Waals surface area contributed by atoms with Gasteiger partial charge in [0.25, 0.3) is 0 Å². The lowest BCUT2D eigenvalue weighted by molar-refractivity contribution is 0.0542. The van der Waals surface area contributed by atoms with Crippen LogP contribution in [0.5, 0.6) is 0 Å². The Hall–Kier alpha value is -2.44. The number of nitrogens with zero attached hydrogens (tertiary/aromatic N) is 5. The molecule has 2 aromatic heterocycles. The lowest BCUT2D eigenvalue weighted by atomic mass is 10.3. The molecule has 7 nitrogen and oxygen atoms in total. The van der Waals surface area contributed by atoms with Crippen molar-refractivity contribution in [1.82, 2.24) is 24.8 Å². The van der Waals surface area contributed by atoms with Gasteiger partial charge in [-0.3, -0.25) is 4.68 Å². The maximum Gasteiger partial charge on any atom is 0.361 e. The Kier molecular flexibility index (Phi) is 4.29. The van der Waals surface area contributed by atoms with Crippen LogP contribution in [0.2, 0.25) is 0 Å². The molecule has 0 radical (unpaired) electrons. The lowest BCUT2D eigenvalue weighted by Gasteiger charge is -2.02. The van der Waals surface area contributed by atoms with Crippen LogP contribution in [0.25, 0.3) is 0 Å². The van der Waals surface area contributed by atoms with E-state index in [4.69, 9.17) is 4.74 Å². The number of esters is 1. The number of hydrogen-bond acceptors (Lipinski definition) is 5. The maximum atomic E-state index is 11.7. The predicted molar refractivity (Wildman–Crippen MR) is 72.2 cm³/mol. The molecule has 0 N–H and O–H groups in total. The van der Waals surface area contributed by atoms with Crippen LogP contribution in [-0.4, -0.2) is 37.4 Å². The normalized spacial score (nSPS) is 10.5. The Labute approximate surface area is 116 Å². The zero-order valence-electron chi connectivity index (χ0n) is 11.6. The molecule has 2 heterocycles. The molecule has 0 atom stereocenters. The second-order valence-electron chi connectivity index (χ2n) is 4.27. The van der Waals surface area contributed by atoms with E-state index in [0.717, 1.165) is 12.1 Å². The standard InChI is InChI=1S/C13H17N5O2/c1-4-6-20-13(19)12-10(3)18(16-15-12)9-11-7-14-17(5-2)8-11/h4,7-8H,1,5-6,9H2,2-3H3. The molecule has 0 saturated heterocycles. The van der Waals surface area contributed by atoms with E-state index in [1.165, 1.54) is 6.08 Å². The molecule has 0 bridgehead atoms. The summed E-state index contributed by atoms with van der Waals surface area (Å²) in [5, 5.41) is 12.0. The molecule has 0 spiro atoms. The van der Waals surface area contributed by atoms with Crippen molar-refractivity contribution in [3.8, 4) is 0 Å². The third-order valence-electron chi connectivity index (χ3n) is 2.85. The van der Waals surface area contributed by atoms with Crippen LogP contribution in [0.15, 0.2) is 25.0 Å². The molecule has 20 heavy (non-hydrogen) atoms. The second-order valence-corrected chi connectivity index (χ2v) is 4.27. The third-order valence-corrected chi connectivity index (χ3v) is 2.85. The summed E-state index contributed by atoms with van der Waals surface area (Å²) in [7, 11) is 0. The summed E-state index contributed by atoms with van der Waals surface area (Å²) in [5.74, 6) is -0.488. The largest absolute Gasteiger partial charge is 0.457 e. The molecule has 0 unspecified atom stereocenters. The van der Waals surface area contributed by atoms with E-state index in [9.17, 15) is 4.79 Å². The van der Waals surface area contributed by atoms with Gasteiger partial charge < -0.3 is 4.74 Å². The van der Waals surface area contributed by atoms with E-state index in [1.54, 1.807) is 17.8 Å². The quantitative estimate of drug-likeness (QED) is 0.585. The zero-order valence-corrected chi connectivity index (χ0v) is 11.6. The van der Waals surface area contributed by atoms with E-state index in [-0.39, 0.29) is 12.3 Å². The van der Waals surface area contributed by atoms with Crippen LogP contribution < -0.4 is 0 Å². The highest BCUT2D eigenvalue weighted by Gasteiger charge is 2.17. The summed E-state index contributed by atoms with van der Waals surface area (Å²) >= 11 is 0. The van der Waals surface area contributed by atoms with Crippen LogP contribution >= 0.6 is 0 Å². The first-order valence-corrected chi connectivity index (χ1v) is 6.35. The molecular weight excluding hydrogens is 258 g/mol. The number of aryl methyl sites for hydroxylation is 1. The van der Waals surface area contributed by atoms with Gasteiger partial charge in [-0.05, 0) is 13.8 Å². The summed E-state index contributed by atoms with van der Waals surface area (Å²) in [6, 6.07) is 0. The number of carbonyl (C=O) groups is 1. The average Bonchev–Trinajstić information content (AvgIpc) is 3.04. The molecule has 2 aromatic rings. The van der Waals surface area contributed by atoms with Crippen LogP contribution in [0.1, 0.15) is 28.7 Å². The monoisotopic (exact) mass is 275 g/mol. The van der Waals surface area contributed by atoms with E-state index in [2.05, 4.69) is 22.0 Å². The summed E-state index contributed by atoms with van der Waals surface area (Å²) in [6.45, 7) is 8.80. The van der Waals surface area contributed by atoms with Crippen LogP contribution in [0.4, 0.5) is 0 Å². The van der Waals surface area contributed by atoms with Gasteiger partial charge in [0.15, 0.2) is 5.69 Å². The van der Waals surface area contributed by atoms with Crippen LogP contribution in [0.3, 0.4) is 0 Å². The van der Waals surface area contributed by atoms with Crippen LogP contribution in [0, 0.1) is 6.92 Å². The molecule has 0 aliphatic heterocycles. The minimum absolute atomic E-state index is 0.161. The second kappa shape index (κ2) is 6.14. The highest BCUT2D eigenvalue weighted by Crippen LogP contribution is 2.08. The molecular formula is C13H17N5O2. The molecule has 0 aliphatic carbocycles. The number of carbonyl (C=O) groups excluding carboxylic acids is 1. The molecule has 0 aromatic carbocycles. The van der Waals surface area contributed by atoms with E-state index in [1.807, 2.05) is 17.8 Å². The van der Waals surface area contributed by atoms with Gasteiger partial charge >= 0.3 is 5.97 Å². The van der Waals surface area contributed by atoms with Crippen molar-refractivity contribution < 1.29 is 9.53 Å². The van der Waals surface area contributed by atoms with Gasteiger partial charge in [0, 0.05) is 18.3 Å². The fourth-order valence-electron chi connectivity index (χ4n) is 1.74. The Morgan fingerprint density at radius 3 is 3.00 bits per heavy atom. The molecule has 106 valence electrons. The molecule has 0 amide bonds. The first kappa shape index (κ1) is 14.0. The Bertz CT molecular complexity index is 614. The Morgan fingerprint density at radius 2 is 2.35 bits per heavy atom. The van der Waals surface area contributed by atoms with E-state index < -0.39 is 5.97 Å². The number of rotatable bonds is 6. The topological polar surface area (TPSA) is 74.8 Å². The van der Waals surface area contributed by atoms with Crippen molar-refractivity contribution in [2.24, 2.45) is 0 Å². The van der Waals surface area contributed by atoms with Gasteiger partial charge in [0.1, 0.15) is 6.61 Å². The minimum atomic E-state index is -0.488. The summed E-state index contributed by atoms with van der Waals surface area (Å²) < 4.78 is 8.44. The Balaban J connectivity index is 2.12. The first-order chi connectivity index (χ1) is 9.65. The molecule has 0 fully saturated rings. The summed E-state index contributed by atoms with van der Waals surface area (Å²) in [5.41, 5.74) is 1.91. The number of ether oxygens (including phenoxy) is 1. The van der Waals surface area contributed by atoms with E-state index in [0.29, 0.717) is 12.2 Å². The fourth-order valence-corrected chi connectivity index (χ4v) is 1.74. The van der Waals surface area contributed by atoms with Gasteiger partial charge in [0.05, 0.1) is 18.4 Å². The fraction of sp³-hybridized carbons (Fsp3) is 0.385. The predicted octanol–water partition coefficient (Wildman–Crippen LogP) is 1.19. The first-order valence-electron chi connectivity index (χ1n) is 6.35. The minimum Gasteiger partial charge on any atom is -0.457 e. The van der Waals surface area contributed by atoms with Crippen molar-refractivity contribution in [1.29, 1.82) is 0 Å². The zero-order chi connectivity index (χ0) is 14.5. The molecule has 0 aliphatic rings. The number of aromatic nitrogens is 5. The summed E-state index contributed by atoms with van der Waals surface area (Å²) in [6.07, 6.45) is 5.23. The smallest absolute Gasteiger partial charge is 0.361 e. The average molecular weight is 275 g/mol. The highest BCUT2D eigenvalue weighted by molar-refractivity contribution is 5.88. The molecule has 2 rings (SSSR count). The Morgan fingerprint density at radius 1 is 1.55 bits per heavy atom. The third kappa shape index (κ3) is 2.93. The van der Waals surface area contributed by atoms with Crippen LogP contribution in [-0.2, 0) is 17.8 Å². The SMILES string of the molecule is C=CCOC(=O)c1nnn(Cc2cnn(CC)c2)c1C. The lowest BCUT2D eigenvalue weighted by Crippen LogP contribution is -2.09. The molecule has 0 saturated carbocycles. The highest BCUT2D eigenvalue weighted by atomic mass is 16.5. The van der Waals surface area contributed by atoms with Gasteiger partial charge in [-0.15, -0.1) is 5.10 Å². The summed E-state index contributed by atoms with van der Waals surface area (Å²) in [4.78, 5) is 11.7. The van der Waals surface area contributed by atoms with Gasteiger partial charge in [-0.25, -0.2) is 9.48 Å². The number of hydrogen-bond donors (Lipinski definition) is 0. The molecule has 7 heteroatoms. The van der Waals surface area contributed by atoms with Gasteiger partial charge in [0.2, 0.25) is 0 Å². The van der Waals surface area contributed by atoms with Crippen molar-refractivity contribution in [2.45, 2.75) is 26.9 Å². The van der Waals surface area contributed by atoms with Crippen molar-refractivity contribution in [2.75, 3.05) is 6.61 Å². The van der Waals surface area contributed by atoms with Crippen molar-refractivity contribution in [3.05, 3.63) is 42.0 Å². The van der Waals surface area contributed by atoms with Crippen molar-refractivity contribution in [3.63, 3.8) is 0 Å². The maximum absolute atomic E-state index is 11.7. The van der Waals surface area contributed by atoms with Gasteiger partial charge in [-0.1, -0.05) is 17.9 Å². The van der Waals surface area contributed by atoms with Crippen molar-refractivity contribution >= 4 is 5.97 Å². The van der Waals surface area contributed by atoms with Gasteiger partial charge in [-0.2, -0.15) is 5.10 Å².